The fourth-order valence-electron chi connectivity index (χ4n) is 1.22. The molecule has 0 spiro atoms. The normalized spacial score (nSPS) is 11.2. The lowest BCUT2D eigenvalue weighted by Gasteiger charge is -2.19. The van der Waals surface area contributed by atoms with Crippen LogP contribution in [0.4, 0.5) is 0 Å². The van der Waals surface area contributed by atoms with Crippen LogP contribution in [0, 0.1) is 6.92 Å². The van der Waals surface area contributed by atoms with E-state index >= 15 is 0 Å². The molecule has 0 aliphatic carbocycles. The molecule has 0 unspecified atom stereocenters. The summed E-state index contributed by atoms with van der Waals surface area (Å²) >= 11 is 0. The number of hydrogen-bond donors (Lipinski definition) is 0. The average Bonchev–Trinajstić information content (AvgIpc) is 1.99. The van der Waals surface area contributed by atoms with Crippen LogP contribution in [0.3, 0.4) is 0 Å². The van der Waals surface area contributed by atoms with Crippen molar-refractivity contribution in [3.8, 4) is 0 Å². The van der Waals surface area contributed by atoms with Crippen LogP contribution in [-0.2, 0) is 16.0 Å². The van der Waals surface area contributed by atoms with Gasteiger partial charge in [-0.05, 0) is 45.4 Å². The number of pyridine rings is 1. The summed E-state index contributed by atoms with van der Waals surface area (Å²) in [5, 5.41) is 0. The molecule has 0 N–H and O–H groups in total. The van der Waals surface area contributed by atoms with E-state index in [4.69, 9.17) is 4.74 Å². The molecule has 1 aromatic rings. The highest BCUT2D eigenvalue weighted by Crippen LogP contribution is 2.09. The maximum absolute atomic E-state index is 11.5. The Balaban J connectivity index is 2.59. The van der Waals surface area contributed by atoms with Crippen molar-refractivity contribution in [2.45, 2.75) is 39.7 Å². The molecule has 1 aromatic heterocycles. The number of ether oxygens (including phenoxy) is 1. The van der Waals surface area contributed by atoms with E-state index in [2.05, 4.69) is 4.98 Å². The highest BCUT2D eigenvalue weighted by atomic mass is 16.6. The van der Waals surface area contributed by atoms with Crippen LogP contribution >= 0.6 is 0 Å². The quantitative estimate of drug-likeness (QED) is 0.698. The van der Waals surface area contributed by atoms with Gasteiger partial charge < -0.3 is 4.74 Å². The van der Waals surface area contributed by atoms with Gasteiger partial charge in [0.2, 0.25) is 0 Å². The molecule has 15 heavy (non-hydrogen) atoms. The summed E-state index contributed by atoms with van der Waals surface area (Å²) in [6.07, 6.45) is 1.94. The highest BCUT2D eigenvalue weighted by molar-refractivity contribution is 5.72. The minimum Gasteiger partial charge on any atom is -0.460 e. The summed E-state index contributed by atoms with van der Waals surface area (Å²) in [7, 11) is 0. The minimum absolute atomic E-state index is 0.235. The highest BCUT2D eigenvalue weighted by Gasteiger charge is 2.16. The molecular weight excluding hydrogens is 190 g/mol. The van der Waals surface area contributed by atoms with Gasteiger partial charge in [-0.15, -0.1) is 0 Å². The van der Waals surface area contributed by atoms with Crippen molar-refractivity contribution < 1.29 is 9.53 Å². The van der Waals surface area contributed by atoms with E-state index in [-0.39, 0.29) is 12.4 Å². The van der Waals surface area contributed by atoms with Crippen LogP contribution in [-0.4, -0.2) is 16.6 Å². The van der Waals surface area contributed by atoms with Crippen molar-refractivity contribution in [2.24, 2.45) is 0 Å². The van der Waals surface area contributed by atoms with E-state index in [1.54, 1.807) is 6.20 Å². The molecule has 0 saturated carbocycles. The molecular formula is C12H17NO2. The van der Waals surface area contributed by atoms with Crippen LogP contribution in [0.5, 0.6) is 0 Å². The van der Waals surface area contributed by atoms with E-state index in [0.717, 1.165) is 11.3 Å². The Morgan fingerprint density at radius 1 is 1.47 bits per heavy atom. The second-order valence-electron chi connectivity index (χ2n) is 4.59. The van der Waals surface area contributed by atoms with E-state index in [1.807, 2.05) is 39.8 Å². The number of aromatic nitrogens is 1. The molecule has 3 heteroatoms. The SMILES string of the molecule is Cc1ccnc(CC(=O)OC(C)(C)C)c1. The number of carbonyl (C=O) groups is 1. The fraction of sp³-hybridized carbons (Fsp3) is 0.500. The number of esters is 1. The Labute approximate surface area is 90.5 Å². The zero-order chi connectivity index (χ0) is 11.5. The summed E-state index contributed by atoms with van der Waals surface area (Å²) in [4.78, 5) is 15.6. The summed E-state index contributed by atoms with van der Waals surface area (Å²) in [6.45, 7) is 7.54. The van der Waals surface area contributed by atoms with Gasteiger partial charge in [-0.1, -0.05) is 0 Å². The predicted molar refractivity (Wildman–Crippen MR) is 58.5 cm³/mol. The Bertz CT molecular complexity index is 353. The molecule has 0 saturated heterocycles. The maximum atomic E-state index is 11.5. The molecule has 0 radical (unpaired) electrons. The molecule has 0 aliphatic rings. The summed E-state index contributed by atoms with van der Waals surface area (Å²) in [5.74, 6) is -0.236. The van der Waals surface area contributed by atoms with Crippen molar-refractivity contribution in [2.75, 3.05) is 0 Å². The monoisotopic (exact) mass is 207 g/mol. The Kier molecular flexibility index (Phi) is 3.45. The van der Waals surface area contributed by atoms with Crippen molar-refractivity contribution in [1.82, 2.24) is 4.98 Å². The van der Waals surface area contributed by atoms with Crippen molar-refractivity contribution in [3.05, 3.63) is 29.6 Å². The molecule has 82 valence electrons. The third kappa shape index (κ3) is 4.58. The Hall–Kier alpha value is -1.38. The number of nitrogens with zero attached hydrogens (tertiary/aromatic N) is 1. The molecule has 0 bridgehead atoms. The van der Waals surface area contributed by atoms with Gasteiger partial charge in [0.25, 0.3) is 0 Å². The molecule has 0 fully saturated rings. The van der Waals surface area contributed by atoms with Gasteiger partial charge in [0.15, 0.2) is 0 Å². The second kappa shape index (κ2) is 4.43. The van der Waals surface area contributed by atoms with Gasteiger partial charge in [0.05, 0.1) is 12.1 Å². The van der Waals surface area contributed by atoms with Crippen molar-refractivity contribution in [3.63, 3.8) is 0 Å². The molecule has 1 heterocycles. The zero-order valence-corrected chi connectivity index (χ0v) is 9.70. The van der Waals surface area contributed by atoms with E-state index in [0.29, 0.717) is 0 Å². The van der Waals surface area contributed by atoms with Crippen molar-refractivity contribution >= 4 is 5.97 Å². The van der Waals surface area contributed by atoms with Crippen LogP contribution in [0.2, 0.25) is 0 Å². The summed E-state index contributed by atoms with van der Waals surface area (Å²) in [6, 6.07) is 3.79. The minimum atomic E-state index is -0.430. The van der Waals surface area contributed by atoms with Crippen LogP contribution in [0.1, 0.15) is 32.0 Å². The second-order valence-corrected chi connectivity index (χ2v) is 4.59. The van der Waals surface area contributed by atoms with Crippen LogP contribution in [0.25, 0.3) is 0 Å². The summed E-state index contributed by atoms with van der Waals surface area (Å²) in [5.41, 5.74) is 1.42. The molecule has 0 atom stereocenters. The lowest BCUT2D eigenvalue weighted by Crippen LogP contribution is -2.25. The first kappa shape index (κ1) is 11.7. The third-order valence-corrected chi connectivity index (χ3v) is 1.72. The number of rotatable bonds is 2. The Morgan fingerprint density at radius 3 is 2.67 bits per heavy atom. The average molecular weight is 207 g/mol. The van der Waals surface area contributed by atoms with Crippen LogP contribution < -0.4 is 0 Å². The predicted octanol–water partition coefficient (Wildman–Crippen LogP) is 2.27. The fourth-order valence-corrected chi connectivity index (χ4v) is 1.22. The van der Waals surface area contributed by atoms with E-state index in [1.165, 1.54) is 0 Å². The maximum Gasteiger partial charge on any atom is 0.312 e. The van der Waals surface area contributed by atoms with Gasteiger partial charge in [0.1, 0.15) is 5.60 Å². The first-order valence-electron chi connectivity index (χ1n) is 5.00. The van der Waals surface area contributed by atoms with Gasteiger partial charge in [-0.25, -0.2) is 0 Å². The number of aryl methyl sites for hydroxylation is 1. The number of hydrogen-bond acceptors (Lipinski definition) is 3. The van der Waals surface area contributed by atoms with Gasteiger partial charge in [-0.2, -0.15) is 0 Å². The Morgan fingerprint density at radius 2 is 2.13 bits per heavy atom. The molecule has 0 aromatic carbocycles. The topological polar surface area (TPSA) is 39.2 Å². The molecule has 3 nitrogen and oxygen atoms in total. The van der Waals surface area contributed by atoms with Crippen molar-refractivity contribution in [1.29, 1.82) is 0 Å². The largest absolute Gasteiger partial charge is 0.460 e. The van der Waals surface area contributed by atoms with E-state index < -0.39 is 5.60 Å². The van der Waals surface area contributed by atoms with E-state index in [9.17, 15) is 4.79 Å². The standard InChI is InChI=1S/C12H17NO2/c1-9-5-6-13-10(7-9)8-11(14)15-12(2,3)4/h5-7H,8H2,1-4H3. The third-order valence-electron chi connectivity index (χ3n) is 1.72. The van der Waals surface area contributed by atoms with Gasteiger partial charge in [0, 0.05) is 6.20 Å². The lowest BCUT2D eigenvalue weighted by atomic mass is 10.2. The van der Waals surface area contributed by atoms with Gasteiger partial charge >= 0.3 is 5.97 Å². The van der Waals surface area contributed by atoms with Gasteiger partial charge in [-0.3, -0.25) is 9.78 Å². The number of carbonyl (C=O) groups excluding carboxylic acids is 1. The summed E-state index contributed by atoms with van der Waals surface area (Å²) < 4.78 is 5.20. The first-order chi connectivity index (χ1) is 6.87. The van der Waals surface area contributed by atoms with Crippen LogP contribution in [0.15, 0.2) is 18.3 Å². The first-order valence-corrected chi connectivity index (χ1v) is 5.00. The zero-order valence-electron chi connectivity index (χ0n) is 9.70. The lowest BCUT2D eigenvalue weighted by molar-refractivity contribution is -0.153. The molecule has 0 aliphatic heterocycles. The smallest absolute Gasteiger partial charge is 0.312 e. The molecule has 0 amide bonds. The molecule has 1 rings (SSSR count).